The van der Waals surface area contributed by atoms with E-state index in [2.05, 4.69) is 97.8 Å². The van der Waals surface area contributed by atoms with Gasteiger partial charge < -0.3 is 0 Å². The van der Waals surface area contributed by atoms with Crippen molar-refractivity contribution in [2.45, 2.75) is 53.5 Å². The summed E-state index contributed by atoms with van der Waals surface area (Å²) in [6.07, 6.45) is 6.77. The second kappa shape index (κ2) is 11.6. The fraction of sp³-hybridized carbons (Fsp3) is 0.323. The molecule has 1 aromatic heterocycles. The number of rotatable bonds is 9. The standard InChI is InChI=1S/C31H34N2O3S2Se/c1-5-23(19-29-32(6-2)31-25-12-8-7-11-24(25)13-14-27(31)37-29)20-30-33(15-9-10-16-38(34,35)36)26-17-21(3)22(4)18-28(26)39-30/h7-8,11-14,17-20H,5-6,9-10,15-16H2,1-4H3/p+1. The number of hydrogen-bond donors (Lipinski definition) is 1. The summed E-state index contributed by atoms with van der Waals surface area (Å²) in [7, 11) is -3.94. The summed E-state index contributed by atoms with van der Waals surface area (Å²) in [5.41, 5.74) is 6.40. The second-order valence-electron chi connectivity index (χ2n) is 10.0. The minimum atomic E-state index is -3.94. The van der Waals surface area contributed by atoms with Crippen LogP contribution in [0.15, 0.2) is 64.8 Å². The molecule has 204 valence electrons. The van der Waals surface area contributed by atoms with Crippen LogP contribution >= 0.6 is 11.3 Å². The van der Waals surface area contributed by atoms with Gasteiger partial charge in [-0.15, -0.1) is 0 Å². The van der Waals surface area contributed by atoms with Gasteiger partial charge in [-0.25, -0.2) is 0 Å². The third kappa shape index (κ3) is 6.01. The molecule has 0 radical (unpaired) electrons. The number of allylic oxidation sites excluding steroid dienone is 2. The fourth-order valence-electron chi connectivity index (χ4n) is 5.10. The molecule has 0 unspecified atom stereocenters. The van der Waals surface area contributed by atoms with Gasteiger partial charge in [0.2, 0.25) is 0 Å². The van der Waals surface area contributed by atoms with E-state index in [-0.39, 0.29) is 20.7 Å². The second-order valence-corrected chi connectivity index (χ2v) is 14.9. The van der Waals surface area contributed by atoms with Crippen LogP contribution in [0.2, 0.25) is 0 Å². The van der Waals surface area contributed by atoms with E-state index in [9.17, 15) is 13.0 Å². The molecule has 0 amide bonds. The molecule has 1 N–H and O–H groups in total. The van der Waals surface area contributed by atoms with Gasteiger partial charge in [-0.3, -0.25) is 0 Å². The van der Waals surface area contributed by atoms with Crippen LogP contribution in [0.25, 0.3) is 27.1 Å². The van der Waals surface area contributed by atoms with Gasteiger partial charge in [0.25, 0.3) is 0 Å². The number of thiazole rings is 1. The number of hydrogen-bond acceptors (Lipinski definition) is 4. The predicted octanol–water partition coefficient (Wildman–Crippen LogP) is 6.13. The molecule has 5 nitrogen and oxygen atoms in total. The summed E-state index contributed by atoms with van der Waals surface area (Å²) in [6.45, 7) is 10.4. The Morgan fingerprint density at radius 1 is 1.08 bits per heavy atom. The van der Waals surface area contributed by atoms with Gasteiger partial charge >= 0.3 is 243 Å². The Hall–Kier alpha value is -2.48. The van der Waals surface area contributed by atoms with E-state index in [1.807, 2.05) is 11.3 Å². The predicted molar refractivity (Wildman–Crippen MR) is 166 cm³/mol. The van der Waals surface area contributed by atoms with Gasteiger partial charge in [0.05, 0.1) is 0 Å². The van der Waals surface area contributed by atoms with E-state index in [0.29, 0.717) is 12.8 Å². The maximum atomic E-state index is 11.2. The molecule has 2 heterocycles. The molecular formula is C31H35N2O3S2Se+. The van der Waals surface area contributed by atoms with Crippen LogP contribution in [0.1, 0.15) is 49.2 Å². The molecular weight excluding hydrogens is 591 g/mol. The van der Waals surface area contributed by atoms with Crippen LogP contribution < -0.4 is 13.9 Å². The van der Waals surface area contributed by atoms with Crippen molar-refractivity contribution < 1.29 is 17.5 Å². The zero-order valence-electron chi connectivity index (χ0n) is 22.9. The molecule has 1 aliphatic rings. The molecule has 0 bridgehead atoms. The van der Waals surface area contributed by atoms with Gasteiger partial charge in [-0.05, 0) is 0 Å². The third-order valence-corrected chi connectivity index (χ3v) is 11.5. The van der Waals surface area contributed by atoms with E-state index in [4.69, 9.17) is 0 Å². The molecule has 4 aromatic rings. The number of aromatic nitrogens is 1. The van der Waals surface area contributed by atoms with Crippen molar-refractivity contribution in [3.63, 3.8) is 0 Å². The van der Waals surface area contributed by atoms with E-state index in [0.717, 1.165) is 19.5 Å². The van der Waals surface area contributed by atoms with Crippen molar-refractivity contribution in [2.24, 2.45) is 0 Å². The molecule has 0 saturated carbocycles. The number of benzene rings is 3. The Morgan fingerprint density at radius 2 is 1.85 bits per heavy atom. The van der Waals surface area contributed by atoms with E-state index < -0.39 is 10.1 Å². The topological polar surface area (TPSA) is 61.5 Å². The van der Waals surface area contributed by atoms with Gasteiger partial charge in [0.1, 0.15) is 0 Å². The number of nitrogens with zero attached hydrogens (tertiary/aromatic N) is 2. The Bertz CT molecular complexity index is 1720. The Labute approximate surface area is 241 Å². The van der Waals surface area contributed by atoms with E-state index >= 15 is 0 Å². The number of unbranched alkanes of at least 4 members (excludes halogenated alkanes) is 1. The average Bonchev–Trinajstić information content (AvgIpc) is 3.42. The molecule has 3 aromatic carbocycles. The summed E-state index contributed by atoms with van der Waals surface area (Å²) in [4.78, 5) is 2.38. The molecule has 8 heteroatoms. The zero-order valence-corrected chi connectivity index (χ0v) is 26.2. The first kappa shape index (κ1) is 28.1. The van der Waals surface area contributed by atoms with Crippen LogP contribution in [-0.4, -0.2) is 40.2 Å². The minimum absolute atomic E-state index is 0.169. The monoisotopic (exact) mass is 627 g/mol. The summed E-state index contributed by atoms with van der Waals surface area (Å²) < 4.78 is 38.1. The SMILES string of the molecule is CCC(=C/c1sc2ccc3ccccc3c2[n+]1CC)/C=C1\[Se]c2cc(C)c(C)cc2N1CCCCS(=O)(=O)O. The Balaban J connectivity index is 1.53. The van der Waals surface area contributed by atoms with Gasteiger partial charge in [0, 0.05) is 0 Å². The molecule has 5 rings (SSSR count). The first-order chi connectivity index (χ1) is 18.7. The van der Waals surface area contributed by atoms with Crippen molar-refractivity contribution in [1.29, 1.82) is 0 Å². The van der Waals surface area contributed by atoms with Crippen LogP contribution in [-0.2, 0) is 16.7 Å². The summed E-state index contributed by atoms with van der Waals surface area (Å²) in [5, 5.41) is 3.81. The number of aryl methyl sites for hydroxylation is 3. The van der Waals surface area contributed by atoms with E-state index in [1.54, 1.807) is 0 Å². The fourth-order valence-corrected chi connectivity index (χ4v) is 9.50. The maximum absolute atomic E-state index is 11.2. The molecule has 0 spiro atoms. The van der Waals surface area contributed by atoms with Crippen molar-refractivity contribution in [1.82, 2.24) is 0 Å². The Kier molecular flexibility index (Phi) is 8.32. The first-order valence-corrected chi connectivity index (χ1v) is 17.6. The normalized spacial score (nSPS) is 15.2. The van der Waals surface area contributed by atoms with Crippen molar-refractivity contribution >= 4 is 73.6 Å². The van der Waals surface area contributed by atoms with Gasteiger partial charge in [-0.1, -0.05) is 0 Å². The zero-order chi connectivity index (χ0) is 27.7. The number of fused-ring (bicyclic) bond motifs is 4. The summed E-state index contributed by atoms with van der Waals surface area (Å²) in [5.74, 6) is -0.192. The molecule has 0 aliphatic carbocycles. The molecule has 0 fully saturated rings. The molecule has 1 aliphatic heterocycles. The van der Waals surface area contributed by atoms with Crippen LogP contribution in [0.5, 0.6) is 0 Å². The first-order valence-electron chi connectivity index (χ1n) is 13.5. The Morgan fingerprint density at radius 3 is 2.59 bits per heavy atom. The third-order valence-electron chi connectivity index (χ3n) is 7.34. The molecule has 0 saturated heterocycles. The van der Waals surface area contributed by atoms with Crippen LogP contribution in [0.4, 0.5) is 5.69 Å². The van der Waals surface area contributed by atoms with Gasteiger partial charge in [-0.2, -0.15) is 0 Å². The van der Waals surface area contributed by atoms with E-state index in [1.165, 1.54) is 57.4 Å². The molecule has 39 heavy (non-hydrogen) atoms. The number of anilines is 1. The quantitative estimate of drug-likeness (QED) is 0.105. The van der Waals surface area contributed by atoms with Crippen LogP contribution in [0.3, 0.4) is 0 Å². The van der Waals surface area contributed by atoms with Gasteiger partial charge in [0.15, 0.2) is 0 Å². The molecule has 0 atom stereocenters. The van der Waals surface area contributed by atoms with Crippen molar-refractivity contribution in [2.75, 3.05) is 17.2 Å². The van der Waals surface area contributed by atoms with Crippen molar-refractivity contribution in [3.8, 4) is 0 Å². The summed E-state index contributed by atoms with van der Waals surface area (Å²) >= 11 is 2.01. The van der Waals surface area contributed by atoms with Crippen LogP contribution in [0, 0.1) is 13.8 Å². The summed E-state index contributed by atoms with van der Waals surface area (Å²) in [6, 6.07) is 17.6. The van der Waals surface area contributed by atoms with Crippen molar-refractivity contribution in [3.05, 3.63) is 80.9 Å². The average molecular weight is 627 g/mol.